The van der Waals surface area contributed by atoms with Crippen LogP contribution in [0.3, 0.4) is 0 Å². The van der Waals surface area contributed by atoms with Crippen LogP contribution in [0, 0.1) is 0 Å². The van der Waals surface area contributed by atoms with Crippen molar-refractivity contribution >= 4 is 11.8 Å². The SMILES string of the molecule is CCCn1c(SC[C@@H](C)O)n[nH]c1=O. The quantitative estimate of drug-likeness (QED) is 0.703. The van der Waals surface area contributed by atoms with E-state index in [1.54, 1.807) is 11.5 Å². The first-order valence-corrected chi connectivity index (χ1v) is 5.59. The van der Waals surface area contributed by atoms with E-state index in [-0.39, 0.29) is 11.8 Å². The molecule has 0 aliphatic rings. The highest BCUT2D eigenvalue weighted by Gasteiger charge is 2.08. The van der Waals surface area contributed by atoms with Crippen molar-refractivity contribution in [2.24, 2.45) is 0 Å². The highest BCUT2D eigenvalue weighted by Crippen LogP contribution is 2.14. The summed E-state index contributed by atoms with van der Waals surface area (Å²) in [4.78, 5) is 11.2. The number of hydrogen-bond donors (Lipinski definition) is 2. The maximum absolute atomic E-state index is 11.2. The van der Waals surface area contributed by atoms with Crippen molar-refractivity contribution in [3.8, 4) is 0 Å². The van der Waals surface area contributed by atoms with Crippen LogP contribution < -0.4 is 5.69 Å². The van der Waals surface area contributed by atoms with Gasteiger partial charge in [0.2, 0.25) is 0 Å². The summed E-state index contributed by atoms with van der Waals surface area (Å²) in [6.45, 7) is 4.38. The van der Waals surface area contributed by atoms with Gasteiger partial charge in [-0.25, -0.2) is 9.89 Å². The first-order valence-electron chi connectivity index (χ1n) is 4.61. The molecule has 0 aromatic carbocycles. The van der Waals surface area contributed by atoms with E-state index in [2.05, 4.69) is 10.2 Å². The first-order chi connectivity index (χ1) is 6.65. The number of hydrogen-bond acceptors (Lipinski definition) is 4. The van der Waals surface area contributed by atoms with Crippen LogP contribution in [-0.4, -0.2) is 31.7 Å². The number of aromatic amines is 1. The minimum absolute atomic E-state index is 0.181. The van der Waals surface area contributed by atoms with Gasteiger partial charge in [0.05, 0.1) is 6.10 Å². The van der Waals surface area contributed by atoms with Gasteiger partial charge < -0.3 is 5.11 Å². The summed E-state index contributed by atoms with van der Waals surface area (Å²) in [5.41, 5.74) is -0.181. The third-order valence-corrected chi connectivity index (χ3v) is 2.84. The van der Waals surface area contributed by atoms with E-state index in [1.165, 1.54) is 11.8 Å². The average molecular weight is 217 g/mol. The van der Waals surface area contributed by atoms with Crippen LogP contribution in [0.5, 0.6) is 0 Å². The highest BCUT2D eigenvalue weighted by atomic mass is 32.2. The van der Waals surface area contributed by atoms with Gasteiger partial charge in [-0.1, -0.05) is 18.7 Å². The van der Waals surface area contributed by atoms with E-state index < -0.39 is 0 Å². The summed E-state index contributed by atoms with van der Waals surface area (Å²) < 4.78 is 1.59. The molecule has 0 radical (unpaired) electrons. The zero-order chi connectivity index (χ0) is 10.6. The molecule has 1 rings (SSSR count). The molecule has 1 aromatic heterocycles. The van der Waals surface area contributed by atoms with Crippen molar-refractivity contribution in [3.05, 3.63) is 10.5 Å². The van der Waals surface area contributed by atoms with E-state index in [1.807, 2.05) is 6.92 Å². The molecule has 2 N–H and O–H groups in total. The number of aromatic nitrogens is 3. The van der Waals surface area contributed by atoms with E-state index in [0.717, 1.165) is 6.42 Å². The summed E-state index contributed by atoms with van der Waals surface area (Å²) in [5.74, 6) is 0.550. The molecule has 0 aliphatic heterocycles. The van der Waals surface area contributed by atoms with Crippen molar-refractivity contribution in [1.29, 1.82) is 0 Å². The third kappa shape index (κ3) is 2.88. The Morgan fingerprint density at radius 2 is 2.43 bits per heavy atom. The minimum Gasteiger partial charge on any atom is -0.393 e. The average Bonchev–Trinajstić information content (AvgIpc) is 2.46. The lowest BCUT2D eigenvalue weighted by Gasteiger charge is -2.04. The van der Waals surface area contributed by atoms with Gasteiger partial charge in [-0.2, -0.15) is 0 Å². The fraction of sp³-hybridized carbons (Fsp3) is 0.750. The number of aliphatic hydroxyl groups is 1. The second-order valence-corrected chi connectivity index (χ2v) is 4.11. The Balaban J connectivity index is 2.70. The molecular formula is C8H15N3O2S. The molecular weight excluding hydrogens is 202 g/mol. The molecule has 1 aromatic rings. The monoisotopic (exact) mass is 217 g/mol. The molecule has 1 heterocycles. The Morgan fingerprint density at radius 3 is 3.00 bits per heavy atom. The Morgan fingerprint density at radius 1 is 1.71 bits per heavy atom. The Hall–Kier alpha value is -0.750. The molecule has 0 fully saturated rings. The number of aliphatic hydroxyl groups excluding tert-OH is 1. The molecule has 0 saturated heterocycles. The van der Waals surface area contributed by atoms with Crippen LogP contribution in [0.25, 0.3) is 0 Å². The molecule has 5 nitrogen and oxygen atoms in total. The summed E-state index contributed by atoms with van der Waals surface area (Å²) in [5, 5.41) is 16.0. The van der Waals surface area contributed by atoms with Gasteiger partial charge in [-0.3, -0.25) is 4.57 Å². The summed E-state index contributed by atoms with van der Waals surface area (Å²) in [6, 6.07) is 0. The summed E-state index contributed by atoms with van der Waals surface area (Å²) in [6.07, 6.45) is 0.503. The molecule has 0 bridgehead atoms. The molecule has 0 amide bonds. The molecule has 0 saturated carbocycles. The predicted octanol–water partition coefficient (Wildman–Crippen LogP) is 0.454. The lowest BCUT2D eigenvalue weighted by molar-refractivity contribution is 0.220. The second-order valence-electron chi connectivity index (χ2n) is 3.12. The van der Waals surface area contributed by atoms with Crippen molar-refractivity contribution in [2.75, 3.05) is 5.75 Å². The molecule has 0 aliphatic carbocycles. The number of H-pyrrole nitrogens is 1. The van der Waals surface area contributed by atoms with Crippen molar-refractivity contribution in [3.63, 3.8) is 0 Å². The lowest BCUT2D eigenvalue weighted by Crippen LogP contribution is -2.17. The van der Waals surface area contributed by atoms with Gasteiger partial charge in [-0.05, 0) is 13.3 Å². The Kier molecular flexibility index (Phi) is 4.21. The fourth-order valence-corrected chi connectivity index (χ4v) is 1.86. The van der Waals surface area contributed by atoms with Gasteiger partial charge in [0, 0.05) is 12.3 Å². The number of nitrogens with one attached hydrogen (secondary N) is 1. The molecule has 80 valence electrons. The Bertz CT molecular complexity index is 332. The van der Waals surface area contributed by atoms with Gasteiger partial charge >= 0.3 is 5.69 Å². The zero-order valence-corrected chi connectivity index (χ0v) is 9.17. The predicted molar refractivity (Wildman–Crippen MR) is 55.5 cm³/mol. The van der Waals surface area contributed by atoms with Crippen LogP contribution in [0.2, 0.25) is 0 Å². The van der Waals surface area contributed by atoms with Crippen LogP contribution in [0.4, 0.5) is 0 Å². The topological polar surface area (TPSA) is 70.9 Å². The van der Waals surface area contributed by atoms with Crippen LogP contribution in [0.1, 0.15) is 20.3 Å². The van der Waals surface area contributed by atoms with Crippen LogP contribution in [0.15, 0.2) is 9.95 Å². The fourth-order valence-electron chi connectivity index (χ4n) is 1.03. The van der Waals surface area contributed by atoms with E-state index in [4.69, 9.17) is 5.11 Å². The zero-order valence-electron chi connectivity index (χ0n) is 8.36. The lowest BCUT2D eigenvalue weighted by atomic mass is 10.5. The summed E-state index contributed by atoms with van der Waals surface area (Å²) >= 11 is 1.39. The highest BCUT2D eigenvalue weighted by molar-refractivity contribution is 7.99. The molecule has 0 spiro atoms. The van der Waals surface area contributed by atoms with Gasteiger partial charge in [-0.15, -0.1) is 5.10 Å². The molecule has 14 heavy (non-hydrogen) atoms. The van der Waals surface area contributed by atoms with Crippen molar-refractivity contribution in [1.82, 2.24) is 14.8 Å². The number of thioether (sulfide) groups is 1. The second kappa shape index (κ2) is 5.21. The largest absolute Gasteiger partial charge is 0.393 e. The summed E-state index contributed by atoms with van der Waals surface area (Å²) in [7, 11) is 0. The first kappa shape index (κ1) is 11.3. The van der Waals surface area contributed by atoms with Crippen molar-refractivity contribution in [2.45, 2.75) is 38.1 Å². The van der Waals surface area contributed by atoms with E-state index in [9.17, 15) is 4.79 Å². The van der Waals surface area contributed by atoms with Gasteiger partial charge in [0.25, 0.3) is 0 Å². The van der Waals surface area contributed by atoms with Gasteiger partial charge in [0.1, 0.15) is 0 Å². The normalized spacial score (nSPS) is 13.1. The smallest absolute Gasteiger partial charge is 0.343 e. The van der Waals surface area contributed by atoms with E-state index in [0.29, 0.717) is 17.5 Å². The minimum atomic E-state index is -0.387. The van der Waals surface area contributed by atoms with E-state index >= 15 is 0 Å². The van der Waals surface area contributed by atoms with Crippen LogP contribution >= 0.6 is 11.8 Å². The Labute approximate surface area is 86.5 Å². The maximum Gasteiger partial charge on any atom is 0.343 e. The number of nitrogens with zero attached hydrogens (tertiary/aromatic N) is 2. The molecule has 0 unspecified atom stereocenters. The number of rotatable bonds is 5. The maximum atomic E-state index is 11.2. The molecule has 6 heteroatoms. The van der Waals surface area contributed by atoms with Crippen LogP contribution in [-0.2, 0) is 6.54 Å². The standard InChI is InChI=1S/C8H15N3O2S/c1-3-4-11-7(13)9-10-8(11)14-5-6(2)12/h6,12H,3-5H2,1-2H3,(H,9,13)/t6-/m1/s1. The molecule has 1 atom stereocenters. The third-order valence-electron chi connectivity index (χ3n) is 1.62. The van der Waals surface area contributed by atoms with Crippen molar-refractivity contribution < 1.29 is 5.11 Å². The van der Waals surface area contributed by atoms with Gasteiger partial charge in [0.15, 0.2) is 5.16 Å².